The number of carbonyl (C=O) groups excluding carboxylic acids is 1. The number of carbonyl (C=O) groups is 2. The fourth-order valence-electron chi connectivity index (χ4n) is 2.98. The van der Waals surface area contributed by atoms with E-state index in [4.69, 9.17) is 9.84 Å². The largest absolute Gasteiger partial charge is 0.480 e. The van der Waals surface area contributed by atoms with E-state index in [-0.39, 0.29) is 24.7 Å². The fourth-order valence-corrected chi connectivity index (χ4v) is 2.98. The summed E-state index contributed by atoms with van der Waals surface area (Å²) in [5.41, 5.74) is 0. The number of ether oxygens (including phenoxy) is 1. The van der Waals surface area contributed by atoms with Crippen molar-refractivity contribution in [1.82, 2.24) is 9.80 Å². The van der Waals surface area contributed by atoms with Gasteiger partial charge in [-0.1, -0.05) is 0 Å². The Labute approximate surface area is 119 Å². The van der Waals surface area contributed by atoms with Crippen LogP contribution in [-0.2, 0) is 14.3 Å². The van der Waals surface area contributed by atoms with Gasteiger partial charge in [-0.25, -0.2) is 4.79 Å². The number of nitrogens with zero attached hydrogens (tertiary/aromatic N) is 2. The Morgan fingerprint density at radius 3 is 2.35 bits per heavy atom. The van der Waals surface area contributed by atoms with Gasteiger partial charge in [0.2, 0.25) is 5.91 Å². The summed E-state index contributed by atoms with van der Waals surface area (Å²) in [6, 6.07) is -0.0754. The quantitative estimate of drug-likeness (QED) is 0.799. The smallest absolute Gasteiger partial charge is 0.329 e. The summed E-state index contributed by atoms with van der Waals surface area (Å²) in [6.07, 6.45) is 3.83. The van der Waals surface area contributed by atoms with E-state index in [1.807, 2.05) is 11.8 Å². The first-order valence-electron chi connectivity index (χ1n) is 7.44. The monoisotopic (exact) mass is 284 g/mol. The molecule has 0 aromatic heterocycles. The Bertz CT molecular complexity index is 347. The third kappa shape index (κ3) is 3.93. The van der Waals surface area contributed by atoms with Crippen molar-refractivity contribution >= 4 is 11.9 Å². The summed E-state index contributed by atoms with van der Waals surface area (Å²) in [5, 5.41) is 8.59. The Kier molecular flexibility index (Phi) is 5.37. The zero-order valence-electron chi connectivity index (χ0n) is 12.1. The number of likely N-dealkylation sites (tertiary alicyclic amines) is 2. The molecule has 1 amide bonds. The normalized spacial score (nSPS) is 22.9. The van der Waals surface area contributed by atoms with Gasteiger partial charge in [0.25, 0.3) is 0 Å². The van der Waals surface area contributed by atoms with Gasteiger partial charge in [0, 0.05) is 26.2 Å². The Morgan fingerprint density at radius 1 is 1.20 bits per heavy atom. The van der Waals surface area contributed by atoms with E-state index in [0.717, 1.165) is 51.9 Å². The van der Waals surface area contributed by atoms with Crippen LogP contribution >= 0.6 is 0 Å². The molecule has 6 heteroatoms. The zero-order valence-corrected chi connectivity index (χ0v) is 12.1. The predicted molar refractivity (Wildman–Crippen MR) is 73.5 cm³/mol. The Morgan fingerprint density at radius 2 is 1.80 bits per heavy atom. The second-order valence-electron chi connectivity index (χ2n) is 5.65. The molecule has 114 valence electrons. The summed E-state index contributed by atoms with van der Waals surface area (Å²) in [7, 11) is 0. The van der Waals surface area contributed by atoms with Gasteiger partial charge in [-0.15, -0.1) is 0 Å². The molecule has 0 aromatic carbocycles. The van der Waals surface area contributed by atoms with E-state index in [1.165, 1.54) is 0 Å². The molecule has 0 radical (unpaired) electrons. The number of carboxylic acid groups (broad SMARTS) is 1. The molecular weight excluding hydrogens is 260 g/mol. The molecule has 1 N–H and O–H groups in total. The van der Waals surface area contributed by atoms with Crippen LogP contribution in [0.1, 0.15) is 32.6 Å². The molecule has 0 spiro atoms. The van der Waals surface area contributed by atoms with Crippen LogP contribution < -0.4 is 0 Å². The molecule has 2 heterocycles. The molecule has 2 fully saturated rings. The second kappa shape index (κ2) is 7.04. The molecule has 0 bridgehead atoms. The third-order valence-corrected chi connectivity index (χ3v) is 4.24. The first-order valence-corrected chi connectivity index (χ1v) is 7.44. The first-order chi connectivity index (χ1) is 9.58. The van der Waals surface area contributed by atoms with Gasteiger partial charge in [-0.2, -0.15) is 0 Å². The predicted octanol–water partition coefficient (Wildman–Crippen LogP) is 0.563. The van der Waals surface area contributed by atoms with Gasteiger partial charge in [0.15, 0.2) is 0 Å². The number of rotatable bonds is 5. The highest BCUT2D eigenvalue weighted by Gasteiger charge is 2.30. The van der Waals surface area contributed by atoms with Crippen LogP contribution in [-0.4, -0.2) is 71.7 Å². The molecule has 1 atom stereocenters. The standard InChI is InChI=1S/C14H24N2O4/c1-11(14(19)16-6-2-3-7-16)15-8-4-12(5-9-15)20-10-13(17)18/h11-12H,2-10H2,1H3,(H,17,18). The second-order valence-corrected chi connectivity index (χ2v) is 5.65. The van der Waals surface area contributed by atoms with E-state index in [2.05, 4.69) is 4.90 Å². The summed E-state index contributed by atoms with van der Waals surface area (Å²) >= 11 is 0. The fraction of sp³-hybridized carbons (Fsp3) is 0.857. The minimum absolute atomic E-state index is 0.0106. The van der Waals surface area contributed by atoms with Crippen LogP contribution in [0.15, 0.2) is 0 Å². The lowest BCUT2D eigenvalue weighted by molar-refractivity contribution is -0.145. The maximum atomic E-state index is 12.3. The molecule has 20 heavy (non-hydrogen) atoms. The highest BCUT2D eigenvalue weighted by molar-refractivity contribution is 5.81. The zero-order chi connectivity index (χ0) is 14.5. The summed E-state index contributed by atoms with van der Waals surface area (Å²) in [5.74, 6) is -0.697. The van der Waals surface area contributed by atoms with Crippen molar-refractivity contribution in [2.24, 2.45) is 0 Å². The number of hydrogen-bond acceptors (Lipinski definition) is 4. The molecule has 2 aliphatic rings. The van der Waals surface area contributed by atoms with E-state index < -0.39 is 5.97 Å². The van der Waals surface area contributed by atoms with Gasteiger partial charge in [-0.05, 0) is 32.6 Å². The van der Waals surface area contributed by atoms with Crippen LogP contribution in [0.25, 0.3) is 0 Å². The number of carboxylic acids is 1. The molecule has 0 aromatic rings. The molecule has 2 aliphatic heterocycles. The molecule has 6 nitrogen and oxygen atoms in total. The molecular formula is C14H24N2O4. The summed E-state index contributed by atoms with van der Waals surface area (Å²) in [6.45, 7) is 5.12. The van der Waals surface area contributed by atoms with Crippen molar-refractivity contribution < 1.29 is 19.4 Å². The van der Waals surface area contributed by atoms with Crippen LogP contribution in [0.2, 0.25) is 0 Å². The molecule has 0 aliphatic carbocycles. The van der Waals surface area contributed by atoms with E-state index in [0.29, 0.717) is 0 Å². The number of hydrogen-bond donors (Lipinski definition) is 1. The average Bonchev–Trinajstić information content (AvgIpc) is 2.98. The van der Waals surface area contributed by atoms with Crippen LogP contribution in [0.3, 0.4) is 0 Å². The Balaban J connectivity index is 1.75. The van der Waals surface area contributed by atoms with Crippen LogP contribution in [0.4, 0.5) is 0 Å². The van der Waals surface area contributed by atoms with Gasteiger partial charge in [0.1, 0.15) is 6.61 Å². The molecule has 1 unspecified atom stereocenters. The topological polar surface area (TPSA) is 70.1 Å². The average molecular weight is 284 g/mol. The van der Waals surface area contributed by atoms with Gasteiger partial charge >= 0.3 is 5.97 Å². The van der Waals surface area contributed by atoms with Gasteiger partial charge in [-0.3, -0.25) is 9.69 Å². The maximum Gasteiger partial charge on any atom is 0.329 e. The molecule has 2 rings (SSSR count). The van der Waals surface area contributed by atoms with Crippen molar-refractivity contribution in [3.8, 4) is 0 Å². The van der Waals surface area contributed by atoms with Crippen LogP contribution in [0.5, 0.6) is 0 Å². The van der Waals surface area contributed by atoms with Crippen molar-refractivity contribution in [3.63, 3.8) is 0 Å². The lowest BCUT2D eigenvalue weighted by Gasteiger charge is -2.36. The number of piperidine rings is 1. The van der Waals surface area contributed by atoms with Crippen molar-refractivity contribution in [1.29, 1.82) is 0 Å². The lowest BCUT2D eigenvalue weighted by atomic mass is 10.1. The van der Waals surface area contributed by atoms with Gasteiger partial charge < -0.3 is 14.7 Å². The molecule has 2 saturated heterocycles. The highest BCUT2D eigenvalue weighted by atomic mass is 16.5. The highest BCUT2D eigenvalue weighted by Crippen LogP contribution is 2.18. The first kappa shape index (κ1) is 15.3. The lowest BCUT2D eigenvalue weighted by Crippen LogP contribution is -2.50. The van der Waals surface area contributed by atoms with Crippen molar-refractivity contribution in [2.75, 3.05) is 32.8 Å². The van der Waals surface area contributed by atoms with E-state index in [1.54, 1.807) is 0 Å². The minimum atomic E-state index is -0.926. The van der Waals surface area contributed by atoms with E-state index in [9.17, 15) is 9.59 Å². The van der Waals surface area contributed by atoms with Gasteiger partial charge in [0.05, 0.1) is 12.1 Å². The van der Waals surface area contributed by atoms with Crippen molar-refractivity contribution in [3.05, 3.63) is 0 Å². The maximum absolute atomic E-state index is 12.3. The van der Waals surface area contributed by atoms with Crippen LogP contribution in [0, 0.1) is 0 Å². The Hall–Kier alpha value is -1.14. The number of amides is 1. The summed E-state index contributed by atoms with van der Waals surface area (Å²) in [4.78, 5) is 26.9. The molecule has 0 saturated carbocycles. The van der Waals surface area contributed by atoms with Crippen molar-refractivity contribution in [2.45, 2.75) is 44.8 Å². The third-order valence-electron chi connectivity index (χ3n) is 4.24. The SMILES string of the molecule is CC(C(=O)N1CCCC1)N1CCC(OCC(=O)O)CC1. The number of aliphatic carboxylic acids is 1. The van der Waals surface area contributed by atoms with E-state index >= 15 is 0 Å². The summed E-state index contributed by atoms with van der Waals surface area (Å²) < 4.78 is 5.31. The minimum Gasteiger partial charge on any atom is -0.480 e.